The van der Waals surface area contributed by atoms with Crippen molar-refractivity contribution in [3.05, 3.63) is 53.6 Å². The Hall–Kier alpha value is -3.65. The number of benzene rings is 3. The normalized spacial score (nSPS) is 18.8. The van der Waals surface area contributed by atoms with Gasteiger partial charge in [0.2, 0.25) is 6.79 Å². The number of hydrogen-bond donors (Lipinski definition) is 0. The monoisotopic (exact) mass is 532 g/mol. The summed E-state index contributed by atoms with van der Waals surface area (Å²) >= 11 is 0. The summed E-state index contributed by atoms with van der Waals surface area (Å²) < 4.78 is 28.2. The predicted octanol–water partition coefficient (Wildman–Crippen LogP) is 4.77. The minimum Gasteiger partial charge on any atom is -0.493 e. The van der Waals surface area contributed by atoms with Crippen LogP contribution in [-0.4, -0.2) is 76.1 Å². The lowest BCUT2D eigenvalue weighted by molar-refractivity contribution is 0.0658. The molecule has 0 spiro atoms. The summed E-state index contributed by atoms with van der Waals surface area (Å²) in [5.41, 5.74) is 1.83. The van der Waals surface area contributed by atoms with Gasteiger partial charge in [0, 0.05) is 42.5 Å². The predicted molar refractivity (Wildman–Crippen MR) is 149 cm³/mol. The molecule has 3 aliphatic heterocycles. The zero-order chi connectivity index (χ0) is 26.8. The maximum Gasteiger partial charge on any atom is 0.254 e. The van der Waals surface area contributed by atoms with Crippen LogP contribution in [0.25, 0.3) is 10.8 Å². The fourth-order valence-corrected chi connectivity index (χ4v) is 6.16. The van der Waals surface area contributed by atoms with Gasteiger partial charge >= 0.3 is 0 Å². The topological polar surface area (TPSA) is 69.7 Å². The van der Waals surface area contributed by atoms with Crippen molar-refractivity contribution in [1.82, 2.24) is 9.80 Å². The van der Waals surface area contributed by atoms with E-state index in [4.69, 9.17) is 23.7 Å². The third-order valence-corrected chi connectivity index (χ3v) is 8.08. The summed E-state index contributed by atoms with van der Waals surface area (Å²) in [4.78, 5) is 17.8. The number of likely N-dealkylation sites (tertiary alicyclic amines) is 1. The van der Waals surface area contributed by atoms with Crippen molar-refractivity contribution in [2.75, 3.05) is 60.3 Å². The zero-order valence-corrected chi connectivity index (χ0v) is 22.7. The summed E-state index contributed by atoms with van der Waals surface area (Å²) in [6.45, 7) is 5.54. The molecule has 1 fully saturated rings. The van der Waals surface area contributed by atoms with E-state index in [-0.39, 0.29) is 12.7 Å². The van der Waals surface area contributed by atoms with Crippen molar-refractivity contribution in [2.24, 2.45) is 5.92 Å². The van der Waals surface area contributed by atoms with Gasteiger partial charge in [0.25, 0.3) is 5.91 Å². The number of amides is 1. The molecule has 0 aromatic heterocycles. The average Bonchev–Trinajstić information content (AvgIpc) is 3.43. The number of rotatable bonds is 9. The number of carbonyl (C=O) groups excluding carboxylic acids is 1. The molecule has 206 valence electrons. The lowest BCUT2D eigenvalue weighted by Gasteiger charge is -2.37. The van der Waals surface area contributed by atoms with Gasteiger partial charge in [-0.3, -0.25) is 4.79 Å². The van der Waals surface area contributed by atoms with Crippen LogP contribution in [0.15, 0.2) is 42.5 Å². The quantitative estimate of drug-likeness (QED) is 0.368. The Morgan fingerprint density at radius 1 is 0.974 bits per heavy atom. The van der Waals surface area contributed by atoms with E-state index < -0.39 is 0 Å². The molecule has 3 aromatic carbocycles. The van der Waals surface area contributed by atoms with E-state index in [1.54, 1.807) is 14.2 Å². The van der Waals surface area contributed by atoms with E-state index in [9.17, 15) is 4.79 Å². The van der Waals surface area contributed by atoms with Crippen LogP contribution in [0.2, 0.25) is 0 Å². The summed E-state index contributed by atoms with van der Waals surface area (Å²) in [6, 6.07) is 13.8. The summed E-state index contributed by atoms with van der Waals surface area (Å²) in [5, 5.41) is 2.00. The van der Waals surface area contributed by atoms with Crippen LogP contribution in [0, 0.1) is 5.92 Å². The molecule has 0 bridgehead atoms. The van der Waals surface area contributed by atoms with Crippen molar-refractivity contribution in [3.8, 4) is 28.7 Å². The lowest BCUT2D eigenvalue weighted by atomic mass is 9.94. The molecule has 1 unspecified atom stereocenters. The fourth-order valence-electron chi connectivity index (χ4n) is 6.16. The standard InChI is InChI=1S/C31H36N2O6/c1-35-27-10-9-23-24(30(27)36-2)7-3-8-26(23)37-15-5-13-32-12-4-6-21(18-32)19-33-14-11-22-16-28-29(39-20-38-28)17-25(22)31(33)34/h3,7-10,16-17,21H,4-6,11-15,18-20H2,1-2H3. The van der Waals surface area contributed by atoms with Crippen LogP contribution in [0.4, 0.5) is 0 Å². The third kappa shape index (κ3) is 5.17. The Morgan fingerprint density at radius 2 is 1.85 bits per heavy atom. The number of piperidine rings is 1. The molecule has 8 nitrogen and oxygen atoms in total. The van der Waals surface area contributed by atoms with Gasteiger partial charge in [0.05, 0.1) is 20.8 Å². The smallest absolute Gasteiger partial charge is 0.254 e. The molecule has 0 saturated carbocycles. The molecule has 0 N–H and O–H groups in total. The third-order valence-electron chi connectivity index (χ3n) is 8.08. The van der Waals surface area contributed by atoms with Crippen molar-refractivity contribution < 1.29 is 28.5 Å². The highest BCUT2D eigenvalue weighted by molar-refractivity contribution is 5.97. The Morgan fingerprint density at radius 3 is 2.69 bits per heavy atom. The first-order valence-electron chi connectivity index (χ1n) is 13.8. The number of ether oxygens (including phenoxy) is 5. The van der Waals surface area contributed by atoms with Gasteiger partial charge in [0.15, 0.2) is 23.0 Å². The Balaban J connectivity index is 1.01. The van der Waals surface area contributed by atoms with Crippen LogP contribution >= 0.6 is 0 Å². The van der Waals surface area contributed by atoms with E-state index in [1.165, 1.54) is 0 Å². The molecule has 6 rings (SSSR count). The van der Waals surface area contributed by atoms with Crippen LogP contribution < -0.4 is 23.7 Å². The molecule has 39 heavy (non-hydrogen) atoms. The average molecular weight is 533 g/mol. The van der Waals surface area contributed by atoms with Gasteiger partial charge in [-0.15, -0.1) is 0 Å². The highest BCUT2D eigenvalue weighted by Gasteiger charge is 2.30. The number of methoxy groups -OCH3 is 2. The van der Waals surface area contributed by atoms with Gasteiger partial charge in [-0.25, -0.2) is 0 Å². The van der Waals surface area contributed by atoms with Crippen LogP contribution in [0.3, 0.4) is 0 Å². The highest BCUT2D eigenvalue weighted by Crippen LogP contribution is 2.39. The zero-order valence-electron chi connectivity index (χ0n) is 22.7. The van der Waals surface area contributed by atoms with Crippen molar-refractivity contribution in [3.63, 3.8) is 0 Å². The minimum absolute atomic E-state index is 0.115. The second kappa shape index (κ2) is 11.2. The van der Waals surface area contributed by atoms with E-state index in [2.05, 4.69) is 4.90 Å². The lowest BCUT2D eigenvalue weighted by Crippen LogP contribution is -2.45. The first kappa shape index (κ1) is 25.6. The first-order chi connectivity index (χ1) is 19.1. The highest BCUT2D eigenvalue weighted by atomic mass is 16.7. The largest absolute Gasteiger partial charge is 0.493 e. The maximum absolute atomic E-state index is 13.3. The molecule has 0 aliphatic carbocycles. The summed E-state index contributed by atoms with van der Waals surface area (Å²) in [6.07, 6.45) is 4.12. The number of carbonyl (C=O) groups is 1. The van der Waals surface area contributed by atoms with Crippen LogP contribution in [0.5, 0.6) is 28.7 Å². The summed E-state index contributed by atoms with van der Waals surface area (Å²) in [7, 11) is 3.31. The second-order valence-corrected chi connectivity index (χ2v) is 10.5. The van der Waals surface area contributed by atoms with Crippen molar-refractivity contribution in [1.29, 1.82) is 0 Å². The molecule has 3 aromatic rings. The Bertz CT molecular complexity index is 1360. The van der Waals surface area contributed by atoms with Crippen molar-refractivity contribution >= 4 is 16.7 Å². The number of hydrogen-bond acceptors (Lipinski definition) is 7. The molecular formula is C31H36N2O6. The molecular weight excluding hydrogens is 496 g/mol. The minimum atomic E-state index is 0.115. The maximum atomic E-state index is 13.3. The summed E-state index contributed by atoms with van der Waals surface area (Å²) in [5.74, 6) is 4.33. The molecule has 1 saturated heterocycles. The first-order valence-corrected chi connectivity index (χ1v) is 13.8. The van der Waals surface area contributed by atoms with E-state index >= 15 is 0 Å². The van der Waals surface area contributed by atoms with Gasteiger partial charge in [-0.2, -0.15) is 0 Å². The van der Waals surface area contributed by atoms with Gasteiger partial charge in [0.1, 0.15) is 5.75 Å². The van der Waals surface area contributed by atoms with E-state index in [0.29, 0.717) is 24.0 Å². The Labute approximate surface area is 229 Å². The fraction of sp³-hybridized carbons (Fsp3) is 0.452. The molecule has 1 atom stereocenters. The van der Waals surface area contributed by atoms with Crippen molar-refractivity contribution in [2.45, 2.75) is 25.7 Å². The Kier molecular flexibility index (Phi) is 7.37. The van der Waals surface area contributed by atoms with E-state index in [0.717, 1.165) is 97.6 Å². The van der Waals surface area contributed by atoms with Gasteiger partial charge in [-0.1, -0.05) is 12.1 Å². The van der Waals surface area contributed by atoms with E-state index in [1.807, 2.05) is 47.4 Å². The molecule has 3 heterocycles. The molecule has 0 radical (unpaired) electrons. The number of nitrogens with zero attached hydrogens (tertiary/aromatic N) is 2. The molecule has 8 heteroatoms. The van der Waals surface area contributed by atoms with Gasteiger partial charge < -0.3 is 33.5 Å². The number of fused-ring (bicyclic) bond motifs is 3. The second-order valence-electron chi connectivity index (χ2n) is 10.5. The van der Waals surface area contributed by atoms with Gasteiger partial charge in [-0.05, 0) is 74.0 Å². The molecule has 3 aliphatic rings. The van der Waals surface area contributed by atoms with Crippen LogP contribution in [0.1, 0.15) is 35.2 Å². The SMILES string of the molecule is COc1ccc2c(OCCCN3CCCC(CN4CCc5cc6c(cc5C4=O)OCO6)C3)cccc2c1OC. The van der Waals surface area contributed by atoms with Crippen LogP contribution in [-0.2, 0) is 6.42 Å². The molecule has 1 amide bonds.